The van der Waals surface area contributed by atoms with Crippen LogP contribution in [0.2, 0.25) is 0 Å². The fourth-order valence-corrected chi connectivity index (χ4v) is 1.44. The minimum atomic E-state index is -0.321. The molecule has 0 aliphatic rings. The van der Waals surface area contributed by atoms with Gasteiger partial charge in [0.25, 0.3) is 0 Å². The van der Waals surface area contributed by atoms with E-state index >= 15 is 0 Å². The Morgan fingerprint density at radius 2 is 2.06 bits per heavy atom. The molecule has 0 saturated carbocycles. The maximum Gasteiger partial charge on any atom is 0.238 e. The smallest absolute Gasteiger partial charge is 0.238 e. The van der Waals surface area contributed by atoms with E-state index in [1.807, 2.05) is 0 Å². The molecule has 1 unspecified atom stereocenters. The van der Waals surface area contributed by atoms with Gasteiger partial charge in [-0.05, 0) is 13.0 Å². The van der Waals surface area contributed by atoms with Gasteiger partial charge < -0.3 is 20.4 Å². The van der Waals surface area contributed by atoms with Crippen molar-refractivity contribution in [3.63, 3.8) is 0 Å². The van der Waals surface area contributed by atoms with Crippen molar-refractivity contribution in [1.82, 2.24) is 10.2 Å². The van der Waals surface area contributed by atoms with Crippen molar-refractivity contribution in [2.75, 3.05) is 14.1 Å². The number of nitrogens with zero attached hydrogens (tertiary/aromatic N) is 1. The fraction of sp³-hybridized carbons (Fsp3) is 0.417. The third-order valence-electron chi connectivity index (χ3n) is 2.48. The SMILES string of the molecule is CC(NCc1ccc(O)cc1O)C(=O)N(C)C. The van der Waals surface area contributed by atoms with Gasteiger partial charge in [-0.25, -0.2) is 0 Å². The minimum absolute atomic E-state index is 0.0157. The summed E-state index contributed by atoms with van der Waals surface area (Å²) in [6.07, 6.45) is 0. The van der Waals surface area contributed by atoms with Crippen molar-refractivity contribution in [3.8, 4) is 11.5 Å². The summed E-state index contributed by atoms with van der Waals surface area (Å²) in [6.45, 7) is 2.13. The first-order valence-electron chi connectivity index (χ1n) is 5.37. The largest absolute Gasteiger partial charge is 0.508 e. The highest BCUT2D eigenvalue weighted by atomic mass is 16.3. The number of phenols is 2. The van der Waals surface area contributed by atoms with Crippen molar-refractivity contribution in [3.05, 3.63) is 23.8 Å². The lowest BCUT2D eigenvalue weighted by molar-refractivity contribution is -0.130. The summed E-state index contributed by atoms with van der Waals surface area (Å²) in [6, 6.07) is 4.06. The molecule has 1 aromatic rings. The molecule has 0 aliphatic heterocycles. The van der Waals surface area contributed by atoms with E-state index in [9.17, 15) is 9.90 Å². The molecule has 1 amide bonds. The van der Waals surface area contributed by atoms with Crippen LogP contribution in [0.4, 0.5) is 0 Å². The van der Waals surface area contributed by atoms with Crippen molar-refractivity contribution in [2.24, 2.45) is 0 Å². The number of nitrogens with one attached hydrogen (secondary N) is 1. The molecule has 0 heterocycles. The predicted molar refractivity (Wildman–Crippen MR) is 64.8 cm³/mol. The van der Waals surface area contributed by atoms with Crippen LogP contribution < -0.4 is 5.32 Å². The Hall–Kier alpha value is -1.75. The molecule has 0 aromatic heterocycles. The van der Waals surface area contributed by atoms with Crippen molar-refractivity contribution < 1.29 is 15.0 Å². The van der Waals surface area contributed by atoms with E-state index < -0.39 is 0 Å². The van der Waals surface area contributed by atoms with Crippen LogP contribution in [0.25, 0.3) is 0 Å². The first kappa shape index (κ1) is 13.3. The van der Waals surface area contributed by atoms with Crippen molar-refractivity contribution in [1.29, 1.82) is 0 Å². The number of hydrogen-bond acceptors (Lipinski definition) is 4. The van der Waals surface area contributed by atoms with Gasteiger partial charge in [-0.2, -0.15) is 0 Å². The number of carbonyl (C=O) groups is 1. The summed E-state index contributed by atoms with van der Waals surface area (Å²) < 4.78 is 0. The third kappa shape index (κ3) is 3.64. The maximum absolute atomic E-state index is 11.6. The Morgan fingerprint density at radius 1 is 1.41 bits per heavy atom. The van der Waals surface area contributed by atoms with Gasteiger partial charge in [0.15, 0.2) is 0 Å². The van der Waals surface area contributed by atoms with Gasteiger partial charge in [0.2, 0.25) is 5.91 Å². The number of hydrogen-bond donors (Lipinski definition) is 3. The molecular weight excluding hydrogens is 220 g/mol. The topological polar surface area (TPSA) is 72.8 Å². The highest BCUT2D eigenvalue weighted by Gasteiger charge is 2.14. The van der Waals surface area contributed by atoms with Gasteiger partial charge in [-0.1, -0.05) is 6.07 Å². The van der Waals surface area contributed by atoms with Gasteiger partial charge in [-0.3, -0.25) is 4.79 Å². The zero-order chi connectivity index (χ0) is 13.0. The first-order valence-corrected chi connectivity index (χ1v) is 5.37. The lowest BCUT2D eigenvalue weighted by Crippen LogP contribution is -2.41. The van der Waals surface area contributed by atoms with Crippen LogP contribution in [0, 0.1) is 0 Å². The highest BCUT2D eigenvalue weighted by Crippen LogP contribution is 2.22. The Bertz CT molecular complexity index is 405. The highest BCUT2D eigenvalue weighted by molar-refractivity contribution is 5.80. The Morgan fingerprint density at radius 3 is 2.59 bits per heavy atom. The van der Waals surface area contributed by atoms with E-state index in [-0.39, 0.29) is 23.4 Å². The van der Waals surface area contributed by atoms with Gasteiger partial charge in [0.05, 0.1) is 6.04 Å². The van der Waals surface area contributed by atoms with Gasteiger partial charge in [0.1, 0.15) is 11.5 Å². The van der Waals surface area contributed by atoms with Gasteiger partial charge in [-0.15, -0.1) is 0 Å². The van der Waals surface area contributed by atoms with E-state index in [0.717, 1.165) is 0 Å². The monoisotopic (exact) mass is 238 g/mol. The molecule has 0 radical (unpaired) electrons. The lowest BCUT2D eigenvalue weighted by atomic mass is 10.1. The van der Waals surface area contributed by atoms with E-state index in [1.165, 1.54) is 17.0 Å². The molecule has 0 aliphatic carbocycles. The molecule has 0 spiro atoms. The molecule has 0 bridgehead atoms. The minimum Gasteiger partial charge on any atom is -0.508 e. The zero-order valence-electron chi connectivity index (χ0n) is 10.3. The van der Waals surface area contributed by atoms with Crippen LogP contribution in [-0.2, 0) is 11.3 Å². The second-order valence-electron chi connectivity index (χ2n) is 4.15. The summed E-state index contributed by atoms with van der Waals surface area (Å²) in [7, 11) is 3.39. The van der Waals surface area contributed by atoms with Gasteiger partial charge >= 0.3 is 0 Å². The summed E-state index contributed by atoms with van der Waals surface area (Å²) in [5.41, 5.74) is 0.640. The summed E-state index contributed by atoms with van der Waals surface area (Å²) in [5, 5.41) is 21.7. The predicted octanol–water partition coefficient (Wildman–Crippen LogP) is 0.664. The Balaban J connectivity index is 2.59. The second-order valence-corrected chi connectivity index (χ2v) is 4.15. The third-order valence-corrected chi connectivity index (χ3v) is 2.48. The average molecular weight is 238 g/mol. The molecule has 3 N–H and O–H groups in total. The Labute approximate surface area is 101 Å². The molecule has 0 saturated heterocycles. The molecule has 1 rings (SSSR count). The van der Waals surface area contributed by atoms with Crippen LogP contribution in [-0.4, -0.2) is 41.2 Å². The molecule has 1 aromatic carbocycles. The lowest BCUT2D eigenvalue weighted by Gasteiger charge is -2.18. The van der Waals surface area contributed by atoms with Crippen LogP contribution in [0.3, 0.4) is 0 Å². The van der Waals surface area contributed by atoms with E-state index in [0.29, 0.717) is 12.1 Å². The normalized spacial score (nSPS) is 12.2. The number of rotatable bonds is 4. The van der Waals surface area contributed by atoms with Crippen LogP contribution in [0.15, 0.2) is 18.2 Å². The number of amides is 1. The molecule has 5 heteroatoms. The number of likely N-dealkylation sites (N-methyl/N-ethyl adjacent to an activating group) is 1. The molecule has 0 fully saturated rings. The standard InChI is InChI=1S/C12H18N2O3/c1-8(12(17)14(2)3)13-7-9-4-5-10(15)6-11(9)16/h4-6,8,13,15-16H,7H2,1-3H3. The van der Waals surface area contributed by atoms with Crippen LogP contribution >= 0.6 is 0 Å². The molecule has 17 heavy (non-hydrogen) atoms. The van der Waals surface area contributed by atoms with E-state index in [4.69, 9.17) is 5.11 Å². The maximum atomic E-state index is 11.6. The number of carbonyl (C=O) groups excluding carboxylic acids is 1. The zero-order valence-corrected chi connectivity index (χ0v) is 10.3. The summed E-state index contributed by atoms with van der Waals surface area (Å²) in [5.74, 6) is 0.00827. The van der Waals surface area contributed by atoms with Crippen LogP contribution in [0.5, 0.6) is 11.5 Å². The first-order chi connectivity index (χ1) is 7.91. The van der Waals surface area contributed by atoms with E-state index in [2.05, 4.69) is 5.32 Å². The number of benzene rings is 1. The Kier molecular flexibility index (Phi) is 4.34. The van der Waals surface area contributed by atoms with Crippen molar-refractivity contribution >= 4 is 5.91 Å². The van der Waals surface area contributed by atoms with E-state index in [1.54, 1.807) is 27.1 Å². The molecule has 5 nitrogen and oxygen atoms in total. The molecule has 94 valence electrons. The quantitative estimate of drug-likeness (QED) is 0.720. The van der Waals surface area contributed by atoms with Crippen LogP contribution in [0.1, 0.15) is 12.5 Å². The van der Waals surface area contributed by atoms with Crippen molar-refractivity contribution in [2.45, 2.75) is 19.5 Å². The molecule has 1 atom stereocenters. The summed E-state index contributed by atoms with van der Waals surface area (Å²) >= 11 is 0. The number of aromatic hydroxyl groups is 2. The second kappa shape index (κ2) is 5.54. The number of phenolic OH excluding ortho intramolecular Hbond substituents is 2. The average Bonchev–Trinajstić information content (AvgIpc) is 2.26. The van der Waals surface area contributed by atoms with Gasteiger partial charge in [0, 0.05) is 32.3 Å². The molecular formula is C12H18N2O3. The fourth-order valence-electron chi connectivity index (χ4n) is 1.44. The summed E-state index contributed by atoms with van der Waals surface area (Å²) in [4.78, 5) is 13.1.